The lowest BCUT2D eigenvalue weighted by molar-refractivity contribution is -0.870. The number of carbonyl (C=O) groups is 2. The molecule has 478 valence electrons. The zero-order valence-corrected chi connectivity index (χ0v) is 55.6. The van der Waals surface area contributed by atoms with Gasteiger partial charge in [-0.05, 0) is 76.7 Å². The molecule has 0 aromatic rings. The minimum absolute atomic E-state index is 0.0235. The molecule has 10 heteroatoms. The van der Waals surface area contributed by atoms with Gasteiger partial charge in [0.15, 0.2) is 0 Å². The number of carbonyl (C=O) groups excluding carboxylic acids is 2. The second-order valence-corrected chi connectivity index (χ2v) is 26.1. The van der Waals surface area contributed by atoms with Crippen LogP contribution >= 0.6 is 7.82 Å². The smallest absolute Gasteiger partial charge is 0.306 e. The largest absolute Gasteiger partial charge is 0.756 e. The summed E-state index contributed by atoms with van der Waals surface area (Å²) in [5.74, 6) is -0.537. The van der Waals surface area contributed by atoms with E-state index in [9.17, 15) is 19.0 Å². The summed E-state index contributed by atoms with van der Waals surface area (Å²) in [5, 5.41) is 3.04. The third-order valence-electron chi connectivity index (χ3n) is 15.4. The van der Waals surface area contributed by atoms with Crippen LogP contribution in [0.15, 0.2) is 72.9 Å². The molecule has 0 bridgehead atoms. The summed E-state index contributed by atoms with van der Waals surface area (Å²) < 4.78 is 30.4. The van der Waals surface area contributed by atoms with Crippen LogP contribution in [0.3, 0.4) is 0 Å². The van der Waals surface area contributed by atoms with E-state index in [1.54, 1.807) is 0 Å². The van der Waals surface area contributed by atoms with Crippen LogP contribution in [0.2, 0.25) is 0 Å². The van der Waals surface area contributed by atoms with Crippen molar-refractivity contribution in [2.75, 3.05) is 40.9 Å². The minimum atomic E-state index is -4.70. The quantitative estimate of drug-likeness (QED) is 0.0212. The molecule has 1 N–H and O–H groups in total. The van der Waals surface area contributed by atoms with E-state index >= 15 is 0 Å². The highest BCUT2D eigenvalue weighted by molar-refractivity contribution is 7.45. The number of likely N-dealkylation sites (N-methyl/N-ethyl adjacent to an activating group) is 1. The van der Waals surface area contributed by atoms with E-state index in [1.165, 1.54) is 186 Å². The summed E-state index contributed by atoms with van der Waals surface area (Å²) in [6, 6.07) is -0.892. The maximum atomic E-state index is 13.6. The van der Waals surface area contributed by atoms with E-state index in [1.807, 2.05) is 33.3 Å². The lowest BCUT2D eigenvalue weighted by Gasteiger charge is -2.30. The number of hydrogen-bond acceptors (Lipinski definition) is 7. The zero-order chi connectivity index (χ0) is 60.0. The van der Waals surface area contributed by atoms with Gasteiger partial charge in [-0.15, -0.1) is 0 Å². The predicted octanol–water partition coefficient (Wildman–Crippen LogP) is 21.3. The van der Waals surface area contributed by atoms with Crippen LogP contribution in [0.4, 0.5) is 0 Å². The first-order valence-corrected chi connectivity index (χ1v) is 36.2. The first-order valence-electron chi connectivity index (χ1n) is 34.7. The van der Waals surface area contributed by atoms with Crippen molar-refractivity contribution < 1.29 is 37.3 Å². The Morgan fingerprint density at radius 3 is 1.17 bits per heavy atom. The summed E-state index contributed by atoms with van der Waals surface area (Å²) in [5.41, 5.74) is 0. The summed E-state index contributed by atoms with van der Waals surface area (Å²) >= 11 is 0. The number of rotatable bonds is 63. The van der Waals surface area contributed by atoms with Crippen LogP contribution in [0.1, 0.15) is 323 Å². The second-order valence-electron chi connectivity index (χ2n) is 24.7. The third kappa shape index (κ3) is 62.0. The molecule has 1 amide bonds. The van der Waals surface area contributed by atoms with Crippen LogP contribution < -0.4 is 10.2 Å². The molecule has 0 fully saturated rings. The maximum Gasteiger partial charge on any atom is 0.306 e. The first-order chi connectivity index (χ1) is 39.9. The van der Waals surface area contributed by atoms with Crippen molar-refractivity contribution in [2.24, 2.45) is 0 Å². The van der Waals surface area contributed by atoms with Gasteiger partial charge in [-0.2, -0.15) is 0 Å². The van der Waals surface area contributed by atoms with Crippen molar-refractivity contribution >= 4 is 19.7 Å². The molecule has 3 atom stereocenters. The highest BCUT2D eigenvalue weighted by Gasteiger charge is 2.27. The van der Waals surface area contributed by atoms with Crippen LogP contribution in [-0.2, 0) is 27.9 Å². The van der Waals surface area contributed by atoms with Gasteiger partial charge in [0.25, 0.3) is 7.82 Å². The van der Waals surface area contributed by atoms with Crippen molar-refractivity contribution in [1.29, 1.82) is 0 Å². The molecule has 0 radical (unpaired) electrons. The molecule has 0 heterocycles. The Morgan fingerprint density at radius 2 is 0.780 bits per heavy atom. The van der Waals surface area contributed by atoms with E-state index in [-0.39, 0.29) is 31.5 Å². The summed E-state index contributed by atoms with van der Waals surface area (Å²) in [6.45, 7) is 6.76. The number of unbranched alkanes of at least 4 members (excludes halogenated alkanes) is 37. The van der Waals surface area contributed by atoms with Gasteiger partial charge in [0, 0.05) is 12.8 Å². The van der Waals surface area contributed by atoms with Crippen molar-refractivity contribution in [2.45, 2.75) is 335 Å². The topological polar surface area (TPSA) is 114 Å². The second kappa shape index (κ2) is 61.5. The number of nitrogens with one attached hydrogen (secondary N) is 1. The van der Waals surface area contributed by atoms with Gasteiger partial charge in [0.2, 0.25) is 5.91 Å². The molecule has 0 aromatic heterocycles. The molecule has 3 unspecified atom stereocenters. The molecular weight excluding hydrogens is 1040 g/mol. The van der Waals surface area contributed by atoms with E-state index in [0.29, 0.717) is 17.4 Å². The molecule has 0 saturated heterocycles. The fourth-order valence-electron chi connectivity index (χ4n) is 10.1. The number of ether oxygens (including phenoxy) is 1. The number of phosphoric acid groups is 1. The van der Waals surface area contributed by atoms with Gasteiger partial charge in [0.1, 0.15) is 19.3 Å². The lowest BCUT2D eigenvalue weighted by Crippen LogP contribution is -2.47. The summed E-state index contributed by atoms with van der Waals surface area (Å²) in [4.78, 5) is 40.1. The van der Waals surface area contributed by atoms with Gasteiger partial charge < -0.3 is 28.5 Å². The number of quaternary nitrogens is 1. The molecule has 0 saturated carbocycles. The van der Waals surface area contributed by atoms with Crippen molar-refractivity contribution in [3.8, 4) is 0 Å². The van der Waals surface area contributed by atoms with E-state index in [2.05, 4.69) is 86.8 Å². The van der Waals surface area contributed by atoms with Crippen LogP contribution in [0.25, 0.3) is 0 Å². The number of esters is 1. The summed E-state index contributed by atoms with van der Waals surface area (Å²) in [6.07, 6.45) is 80.2. The van der Waals surface area contributed by atoms with E-state index < -0.39 is 20.0 Å². The average Bonchev–Trinajstić information content (AvgIpc) is 3.44. The van der Waals surface area contributed by atoms with Crippen molar-refractivity contribution in [3.05, 3.63) is 72.9 Å². The fraction of sp³-hybridized carbons (Fsp3) is 0.806. The molecule has 82 heavy (non-hydrogen) atoms. The van der Waals surface area contributed by atoms with Gasteiger partial charge >= 0.3 is 5.97 Å². The van der Waals surface area contributed by atoms with Crippen molar-refractivity contribution in [1.82, 2.24) is 5.32 Å². The first kappa shape index (κ1) is 79.5. The molecule has 0 rings (SSSR count). The predicted molar refractivity (Wildman–Crippen MR) is 353 cm³/mol. The minimum Gasteiger partial charge on any atom is -0.756 e. The van der Waals surface area contributed by atoms with Crippen LogP contribution in [-0.4, -0.2) is 69.4 Å². The highest BCUT2D eigenvalue weighted by Crippen LogP contribution is 2.38. The summed E-state index contributed by atoms with van der Waals surface area (Å²) in [7, 11) is 1.19. The molecule has 0 aliphatic rings. The number of phosphoric ester groups is 1. The standard InChI is InChI=1S/C72H133N2O7P/c1-7-10-13-16-19-22-25-28-30-32-34-35-36-37-38-39-41-43-45-47-50-53-56-59-62-65-72(76)81-70(63-60-57-54-51-48-27-24-21-18-15-12-9-3)69(68-80-82(77,78)79-67-66-74(4,5)6)73-71(75)64-61-58-55-52-49-46-44-42-40-33-31-29-26-23-20-17-14-11-8-2/h10,13,19,22,28,30,34-35,37-38,60,63,69-70H,7-9,11-12,14-18,20-21,23-27,29,31-33,36,39-59,61-62,64-68H2,1-6H3,(H-,73,75,77,78)/b13-10-,22-19-,30-28-,35-34-,38-37-,63-60+. The van der Waals surface area contributed by atoms with E-state index in [0.717, 1.165) is 103 Å². The Kier molecular flexibility index (Phi) is 59.6. The fourth-order valence-corrected chi connectivity index (χ4v) is 10.8. The molecule has 9 nitrogen and oxygen atoms in total. The number of nitrogens with zero attached hydrogens (tertiary/aromatic N) is 1. The number of amides is 1. The van der Waals surface area contributed by atoms with Gasteiger partial charge in [-0.25, -0.2) is 0 Å². The Balaban J connectivity index is 5.10. The Morgan fingerprint density at radius 1 is 0.439 bits per heavy atom. The van der Waals surface area contributed by atoms with Gasteiger partial charge in [-0.1, -0.05) is 306 Å². The third-order valence-corrected chi connectivity index (χ3v) is 16.4. The molecular formula is C72H133N2O7P. The van der Waals surface area contributed by atoms with E-state index in [4.69, 9.17) is 13.8 Å². The number of hydrogen-bond donors (Lipinski definition) is 1. The Labute approximate surface area is 508 Å². The van der Waals surface area contributed by atoms with Crippen molar-refractivity contribution in [3.63, 3.8) is 0 Å². The monoisotopic (exact) mass is 1170 g/mol. The molecule has 0 aliphatic heterocycles. The zero-order valence-electron chi connectivity index (χ0n) is 54.7. The van der Waals surface area contributed by atoms with Gasteiger partial charge in [0.05, 0.1) is 33.8 Å². The molecule has 0 aliphatic carbocycles. The van der Waals surface area contributed by atoms with Gasteiger partial charge in [-0.3, -0.25) is 14.2 Å². The average molecular weight is 1170 g/mol. The lowest BCUT2D eigenvalue weighted by atomic mass is 10.0. The maximum absolute atomic E-state index is 13.6. The molecule has 0 aromatic carbocycles. The van der Waals surface area contributed by atoms with Crippen LogP contribution in [0, 0.1) is 0 Å². The normalized spacial score (nSPS) is 14.0. The van der Waals surface area contributed by atoms with Crippen LogP contribution in [0.5, 0.6) is 0 Å². The number of allylic oxidation sites excluding steroid dienone is 11. The Bertz CT molecular complexity index is 1630. The molecule has 0 spiro atoms. The SMILES string of the molecule is CC/C=C\C/C=C\C/C=C\C/C=C\C/C=C\CCCCCCCCCCCC(=O)OC(/C=C/CCCCCCCCCCCC)C(COP(=O)([O-])OCC[N+](C)(C)C)NC(=O)CCCCCCCCCCCCCCCCCCCCC. The Hall–Kier alpha value is -2.55. The highest BCUT2D eigenvalue weighted by atomic mass is 31.2.